The molecule has 0 radical (unpaired) electrons. The quantitative estimate of drug-likeness (QED) is 0.753. The van der Waals surface area contributed by atoms with Gasteiger partial charge in [-0.15, -0.1) is 0 Å². The van der Waals surface area contributed by atoms with Crippen LogP contribution in [-0.4, -0.2) is 68.3 Å². The minimum Gasteiger partial charge on any atom is -0.325 e. The van der Waals surface area contributed by atoms with E-state index in [1.165, 1.54) is 0 Å². The van der Waals surface area contributed by atoms with E-state index in [0.29, 0.717) is 25.3 Å². The van der Waals surface area contributed by atoms with Gasteiger partial charge in [-0.25, -0.2) is 4.90 Å². The Bertz CT molecular complexity index is 268. The van der Waals surface area contributed by atoms with Crippen LogP contribution in [0.25, 0.3) is 0 Å². The first kappa shape index (κ1) is 17.9. The zero-order chi connectivity index (χ0) is 15.2. The summed E-state index contributed by atoms with van der Waals surface area (Å²) in [6.07, 6.45) is 1.97. The van der Waals surface area contributed by atoms with Crippen LogP contribution in [0.15, 0.2) is 0 Å². The topological polar surface area (TPSA) is 37.0 Å². The van der Waals surface area contributed by atoms with Crippen molar-refractivity contribution in [3.63, 3.8) is 0 Å². The number of hydrogen-bond acceptors (Lipinski definition) is 5. The zero-order valence-electron chi connectivity index (χ0n) is 14.1. The molecule has 0 amide bonds. The second-order valence-corrected chi connectivity index (χ2v) is 5.90. The van der Waals surface area contributed by atoms with Crippen molar-refractivity contribution in [2.75, 3.05) is 40.4 Å². The van der Waals surface area contributed by atoms with E-state index in [4.69, 9.17) is 9.47 Å². The van der Waals surface area contributed by atoms with Crippen LogP contribution < -0.4 is 5.32 Å². The summed E-state index contributed by atoms with van der Waals surface area (Å²) < 4.78 is 12.2. The number of likely N-dealkylation sites (N-methyl/N-ethyl adjacent to an activating group) is 2. The van der Waals surface area contributed by atoms with E-state index in [2.05, 4.69) is 56.9 Å². The van der Waals surface area contributed by atoms with Gasteiger partial charge in [0.15, 0.2) is 0 Å². The van der Waals surface area contributed by atoms with Crippen LogP contribution in [0.1, 0.15) is 40.5 Å². The fraction of sp³-hybridized carbons (Fsp3) is 1.00. The molecule has 120 valence electrons. The monoisotopic (exact) mass is 287 g/mol. The fourth-order valence-corrected chi connectivity index (χ4v) is 2.48. The van der Waals surface area contributed by atoms with Gasteiger partial charge in [0.1, 0.15) is 0 Å². The first-order valence-electron chi connectivity index (χ1n) is 7.93. The molecular weight excluding hydrogens is 254 g/mol. The van der Waals surface area contributed by atoms with Crippen LogP contribution in [0, 0.1) is 0 Å². The van der Waals surface area contributed by atoms with Crippen molar-refractivity contribution in [2.45, 2.75) is 58.7 Å². The normalized spacial score (nSPS) is 29.1. The van der Waals surface area contributed by atoms with Crippen molar-refractivity contribution in [3.05, 3.63) is 0 Å². The Morgan fingerprint density at radius 3 is 2.10 bits per heavy atom. The maximum absolute atomic E-state index is 6.08. The summed E-state index contributed by atoms with van der Waals surface area (Å²) in [6, 6.07) is 0.135. The molecule has 20 heavy (non-hydrogen) atoms. The third-order valence-electron chi connectivity index (χ3n) is 4.06. The van der Waals surface area contributed by atoms with Crippen molar-refractivity contribution < 1.29 is 9.47 Å². The van der Waals surface area contributed by atoms with Crippen LogP contribution in [0.2, 0.25) is 0 Å². The summed E-state index contributed by atoms with van der Waals surface area (Å²) >= 11 is 0. The maximum Gasteiger partial charge on any atom is 0.294 e. The Hall–Kier alpha value is -0.200. The van der Waals surface area contributed by atoms with Crippen molar-refractivity contribution in [3.8, 4) is 0 Å². The molecule has 5 heteroatoms. The lowest BCUT2D eigenvalue weighted by atomic mass is 10.2. The van der Waals surface area contributed by atoms with Gasteiger partial charge >= 0.3 is 0 Å². The molecule has 0 aromatic rings. The van der Waals surface area contributed by atoms with Gasteiger partial charge in [-0.2, -0.15) is 0 Å². The van der Waals surface area contributed by atoms with Gasteiger partial charge in [0.25, 0.3) is 6.03 Å². The number of rotatable bonds is 6. The van der Waals surface area contributed by atoms with Gasteiger partial charge in [0, 0.05) is 25.2 Å². The zero-order valence-corrected chi connectivity index (χ0v) is 14.1. The van der Waals surface area contributed by atoms with Crippen LogP contribution in [0.5, 0.6) is 0 Å². The lowest BCUT2D eigenvalue weighted by Gasteiger charge is -2.47. The number of hydrogen-bond donors (Lipinski definition) is 1. The highest BCUT2D eigenvalue weighted by Gasteiger charge is 2.40. The first-order chi connectivity index (χ1) is 9.46. The van der Waals surface area contributed by atoms with E-state index in [-0.39, 0.29) is 0 Å². The average molecular weight is 287 g/mol. The highest BCUT2D eigenvalue weighted by atomic mass is 16.7. The first-order valence-corrected chi connectivity index (χ1v) is 7.93. The Morgan fingerprint density at radius 1 is 1.05 bits per heavy atom. The van der Waals surface area contributed by atoms with Gasteiger partial charge in [0.05, 0.1) is 13.2 Å². The molecule has 2 atom stereocenters. The Balaban J connectivity index is 2.87. The molecule has 0 saturated carbocycles. The predicted molar refractivity (Wildman–Crippen MR) is 82.5 cm³/mol. The number of ether oxygens (including phenoxy) is 2. The molecule has 0 aromatic heterocycles. The fourth-order valence-electron chi connectivity index (χ4n) is 2.48. The average Bonchev–Trinajstić information content (AvgIpc) is 2.44. The highest BCUT2D eigenvalue weighted by molar-refractivity contribution is 4.82. The summed E-state index contributed by atoms with van der Waals surface area (Å²) in [6.45, 7) is 11.9. The second kappa shape index (κ2) is 8.29. The molecule has 0 bridgehead atoms. The van der Waals surface area contributed by atoms with Gasteiger partial charge in [0.2, 0.25) is 0 Å². The summed E-state index contributed by atoms with van der Waals surface area (Å²) in [5.74, 6) is 0. The largest absolute Gasteiger partial charge is 0.325 e. The molecule has 0 spiro atoms. The molecule has 5 nitrogen and oxygen atoms in total. The maximum atomic E-state index is 6.08. The van der Waals surface area contributed by atoms with Crippen molar-refractivity contribution >= 4 is 0 Å². The van der Waals surface area contributed by atoms with E-state index in [0.717, 1.165) is 25.9 Å². The molecule has 0 aromatic carbocycles. The molecule has 1 aliphatic rings. The smallest absolute Gasteiger partial charge is 0.294 e. The standard InChI is InChI=1S/C15H33N3O2/c1-7-9-19-15(20-10-8-2)16-11-13(3)18(6)14(4)12-17(15)5/h13-14,16H,7-12H2,1-6H3. The van der Waals surface area contributed by atoms with E-state index >= 15 is 0 Å². The minimum absolute atomic E-state index is 0.452. The summed E-state index contributed by atoms with van der Waals surface area (Å²) in [5.41, 5.74) is 0. The summed E-state index contributed by atoms with van der Waals surface area (Å²) in [5, 5.41) is 3.50. The molecule has 1 rings (SSSR count). The van der Waals surface area contributed by atoms with E-state index in [1.54, 1.807) is 0 Å². The van der Waals surface area contributed by atoms with E-state index < -0.39 is 6.03 Å². The molecular formula is C15H33N3O2. The molecule has 1 saturated heterocycles. The summed E-state index contributed by atoms with van der Waals surface area (Å²) in [7, 11) is 4.25. The highest BCUT2D eigenvalue weighted by Crippen LogP contribution is 2.20. The lowest BCUT2D eigenvalue weighted by molar-refractivity contribution is -0.336. The third-order valence-corrected chi connectivity index (χ3v) is 4.06. The van der Waals surface area contributed by atoms with Crippen molar-refractivity contribution in [1.82, 2.24) is 15.1 Å². The molecule has 2 unspecified atom stereocenters. The molecule has 1 aliphatic heterocycles. The van der Waals surface area contributed by atoms with Gasteiger partial charge in [-0.3, -0.25) is 10.2 Å². The number of nitrogens with one attached hydrogen (secondary N) is 1. The van der Waals surface area contributed by atoms with Crippen molar-refractivity contribution in [2.24, 2.45) is 0 Å². The van der Waals surface area contributed by atoms with Crippen molar-refractivity contribution in [1.29, 1.82) is 0 Å². The Labute approximate surface area is 124 Å². The minimum atomic E-state index is -0.782. The van der Waals surface area contributed by atoms with Crippen LogP contribution in [-0.2, 0) is 9.47 Å². The SMILES string of the molecule is CCCOC1(OCCC)NCC(C)N(C)C(C)CN1C. The molecule has 1 N–H and O–H groups in total. The van der Waals surface area contributed by atoms with Crippen LogP contribution >= 0.6 is 0 Å². The van der Waals surface area contributed by atoms with Gasteiger partial charge < -0.3 is 9.47 Å². The third kappa shape index (κ3) is 4.40. The second-order valence-electron chi connectivity index (χ2n) is 5.90. The molecule has 1 fully saturated rings. The predicted octanol–water partition coefficient (Wildman–Crippen LogP) is 1.69. The van der Waals surface area contributed by atoms with Gasteiger partial charge in [-0.1, -0.05) is 13.8 Å². The molecule has 0 aliphatic carbocycles. The van der Waals surface area contributed by atoms with Gasteiger partial charge in [-0.05, 0) is 40.8 Å². The van der Waals surface area contributed by atoms with Crippen LogP contribution in [0.3, 0.4) is 0 Å². The summed E-state index contributed by atoms with van der Waals surface area (Å²) in [4.78, 5) is 4.55. The van der Waals surface area contributed by atoms with E-state index in [9.17, 15) is 0 Å². The molecule has 1 heterocycles. The Morgan fingerprint density at radius 2 is 1.60 bits per heavy atom. The van der Waals surface area contributed by atoms with E-state index in [1.807, 2.05) is 0 Å². The number of nitrogens with zero attached hydrogens (tertiary/aromatic N) is 2. The lowest BCUT2D eigenvalue weighted by Crippen LogP contribution is -2.67. The Kier molecular flexibility index (Phi) is 7.40. The van der Waals surface area contributed by atoms with Crippen LogP contribution in [0.4, 0.5) is 0 Å².